The third kappa shape index (κ3) is 2.82. The van der Waals surface area contributed by atoms with Crippen molar-refractivity contribution in [2.75, 3.05) is 7.11 Å². The van der Waals surface area contributed by atoms with Crippen molar-refractivity contribution in [1.29, 1.82) is 0 Å². The van der Waals surface area contributed by atoms with Crippen molar-refractivity contribution >= 4 is 17.3 Å². The number of hydrogen-bond acceptors (Lipinski definition) is 2. The zero-order valence-corrected chi connectivity index (χ0v) is 9.40. The Labute approximate surface area is 90.6 Å². The molecule has 2 aliphatic carbocycles. The largest absolute Gasteiger partial charge is 0.381 e. The third-order valence-electron chi connectivity index (χ3n) is 2.97. The van der Waals surface area contributed by atoms with E-state index in [1.807, 2.05) is 0 Å². The lowest BCUT2D eigenvalue weighted by Gasteiger charge is -2.15. The van der Waals surface area contributed by atoms with Crippen LogP contribution in [0.5, 0.6) is 0 Å². The lowest BCUT2D eigenvalue weighted by molar-refractivity contribution is 0.107. The van der Waals surface area contributed by atoms with Gasteiger partial charge in [0.05, 0.1) is 6.10 Å². The quantitative estimate of drug-likeness (QED) is 0.691. The fourth-order valence-electron chi connectivity index (χ4n) is 1.93. The molecule has 2 N–H and O–H groups in total. The van der Waals surface area contributed by atoms with Crippen LogP contribution in [0.2, 0.25) is 0 Å². The van der Waals surface area contributed by atoms with Crippen LogP contribution in [0.25, 0.3) is 0 Å². The van der Waals surface area contributed by atoms with E-state index < -0.39 is 0 Å². The summed E-state index contributed by atoms with van der Waals surface area (Å²) in [6, 6.07) is 1.16. The van der Waals surface area contributed by atoms with E-state index in [0.717, 1.165) is 18.0 Å². The lowest BCUT2D eigenvalue weighted by Crippen LogP contribution is -2.41. The van der Waals surface area contributed by atoms with Crippen molar-refractivity contribution in [3.63, 3.8) is 0 Å². The zero-order chi connectivity index (χ0) is 9.97. The van der Waals surface area contributed by atoms with Crippen LogP contribution in [0, 0.1) is 0 Å². The fourth-order valence-corrected chi connectivity index (χ4v) is 2.26. The Balaban J connectivity index is 1.66. The van der Waals surface area contributed by atoms with Gasteiger partial charge in [-0.05, 0) is 44.3 Å². The maximum atomic E-state index is 5.31. The molecule has 2 saturated carbocycles. The van der Waals surface area contributed by atoms with Gasteiger partial charge in [0.15, 0.2) is 5.11 Å². The summed E-state index contributed by atoms with van der Waals surface area (Å²) in [5, 5.41) is 7.48. The highest BCUT2D eigenvalue weighted by atomic mass is 32.1. The monoisotopic (exact) mass is 214 g/mol. The molecule has 2 atom stereocenters. The van der Waals surface area contributed by atoms with Gasteiger partial charge >= 0.3 is 0 Å². The van der Waals surface area contributed by atoms with E-state index in [2.05, 4.69) is 10.6 Å². The average molecular weight is 214 g/mol. The summed E-state index contributed by atoms with van der Waals surface area (Å²) < 4.78 is 5.31. The molecule has 0 radical (unpaired) electrons. The summed E-state index contributed by atoms with van der Waals surface area (Å²) in [6.45, 7) is 0. The highest BCUT2D eigenvalue weighted by Gasteiger charge is 2.26. The highest BCUT2D eigenvalue weighted by Crippen LogP contribution is 2.22. The fraction of sp³-hybridized carbons (Fsp3) is 0.900. The Morgan fingerprint density at radius 1 is 1.14 bits per heavy atom. The normalized spacial score (nSPS) is 31.5. The van der Waals surface area contributed by atoms with E-state index in [1.165, 1.54) is 19.3 Å². The maximum Gasteiger partial charge on any atom is 0.166 e. The first kappa shape index (κ1) is 10.2. The summed E-state index contributed by atoms with van der Waals surface area (Å²) in [5.41, 5.74) is 0. The first-order chi connectivity index (χ1) is 6.78. The van der Waals surface area contributed by atoms with Gasteiger partial charge in [0.1, 0.15) is 0 Å². The predicted octanol–water partition coefficient (Wildman–Crippen LogP) is 1.18. The molecule has 0 spiro atoms. The van der Waals surface area contributed by atoms with Gasteiger partial charge in [0.25, 0.3) is 0 Å². The first-order valence-corrected chi connectivity index (χ1v) is 5.78. The predicted molar refractivity (Wildman–Crippen MR) is 60.3 cm³/mol. The van der Waals surface area contributed by atoms with Gasteiger partial charge in [0, 0.05) is 19.2 Å². The van der Waals surface area contributed by atoms with Gasteiger partial charge in [-0.3, -0.25) is 0 Å². The van der Waals surface area contributed by atoms with Gasteiger partial charge < -0.3 is 15.4 Å². The Morgan fingerprint density at radius 3 is 2.36 bits per heavy atom. The molecule has 4 heteroatoms. The second-order valence-electron chi connectivity index (χ2n) is 4.26. The van der Waals surface area contributed by atoms with Gasteiger partial charge in [-0.15, -0.1) is 0 Å². The van der Waals surface area contributed by atoms with E-state index in [4.69, 9.17) is 17.0 Å². The second-order valence-corrected chi connectivity index (χ2v) is 4.67. The summed E-state index contributed by atoms with van der Waals surface area (Å²) in [6.07, 6.45) is 6.38. The van der Waals surface area contributed by atoms with Gasteiger partial charge in [-0.2, -0.15) is 0 Å². The number of ether oxygens (including phenoxy) is 1. The molecule has 80 valence electrons. The van der Waals surface area contributed by atoms with Crippen LogP contribution in [0.4, 0.5) is 0 Å². The Bertz CT molecular complexity index is 218. The van der Waals surface area contributed by atoms with Crippen LogP contribution >= 0.6 is 12.2 Å². The molecule has 0 heterocycles. The minimum absolute atomic E-state index is 0.427. The van der Waals surface area contributed by atoms with Crippen LogP contribution in [-0.4, -0.2) is 30.4 Å². The third-order valence-corrected chi connectivity index (χ3v) is 3.20. The molecule has 0 aromatic rings. The van der Waals surface area contributed by atoms with Crippen molar-refractivity contribution in [2.24, 2.45) is 0 Å². The summed E-state index contributed by atoms with van der Waals surface area (Å²) >= 11 is 5.22. The van der Waals surface area contributed by atoms with E-state index in [9.17, 15) is 0 Å². The van der Waals surface area contributed by atoms with Gasteiger partial charge in [0.2, 0.25) is 0 Å². The van der Waals surface area contributed by atoms with E-state index in [0.29, 0.717) is 18.2 Å². The van der Waals surface area contributed by atoms with Crippen molar-refractivity contribution in [3.05, 3.63) is 0 Å². The molecule has 2 rings (SSSR count). The molecule has 0 aromatic heterocycles. The molecule has 0 amide bonds. The molecular weight excluding hydrogens is 196 g/mol. The Morgan fingerprint density at radius 2 is 1.79 bits per heavy atom. The topological polar surface area (TPSA) is 33.3 Å². The summed E-state index contributed by atoms with van der Waals surface area (Å²) in [5.74, 6) is 0. The van der Waals surface area contributed by atoms with Crippen molar-refractivity contribution in [2.45, 2.75) is 50.3 Å². The van der Waals surface area contributed by atoms with Crippen LogP contribution < -0.4 is 10.6 Å². The van der Waals surface area contributed by atoms with Crippen LogP contribution in [0.3, 0.4) is 0 Å². The minimum atomic E-state index is 0.427. The van der Waals surface area contributed by atoms with E-state index >= 15 is 0 Å². The molecule has 14 heavy (non-hydrogen) atoms. The summed E-state index contributed by atoms with van der Waals surface area (Å²) in [4.78, 5) is 0. The molecule has 0 aliphatic heterocycles. The summed E-state index contributed by atoms with van der Waals surface area (Å²) in [7, 11) is 1.79. The van der Waals surface area contributed by atoms with Crippen LogP contribution in [0.1, 0.15) is 32.1 Å². The SMILES string of the molecule is COC1CCC(NC(=S)NC2CC2)C1. The van der Waals surface area contributed by atoms with Gasteiger partial charge in [-0.25, -0.2) is 0 Å². The van der Waals surface area contributed by atoms with Crippen LogP contribution in [0.15, 0.2) is 0 Å². The highest BCUT2D eigenvalue weighted by molar-refractivity contribution is 7.80. The van der Waals surface area contributed by atoms with Crippen LogP contribution in [-0.2, 0) is 4.74 Å². The molecular formula is C10H18N2OS. The number of hydrogen-bond donors (Lipinski definition) is 2. The smallest absolute Gasteiger partial charge is 0.166 e. The maximum absolute atomic E-state index is 5.31. The minimum Gasteiger partial charge on any atom is -0.381 e. The lowest BCUT2D eigenvalue weighted by atomic mass is 10.2. The van der Waals surface area contributed by atoms with E-state index in [-0.39, 0.29) is 0 Å². The number of rotatable bonds is 3. The molecule has 0 aromatic carbocycles. The number of methoxy groups -OCH3 is 1. The molecule has 2 unspecified atom stereocenters. The molecule has 2 fully saturated rings. The number of thiocarbonyl (C=S) groups is 1. The zero-order valence-electron chi connectivity index (χ0n) is 8.58. The second kappa shape index (κ2) is 4.45. The Hall–Kier alpha value is -0.350. The molecule has 2 aliphatic rings. The number of nitrogens with one attached hydrogen (secondary N) is 2. The van der Waals surface area contributed by atoms with E-state index in [1.54, 1.807) is 7.11 Å². The molecule has 0 bridgehead atoms. The Kier molecular flexibility index (Phi) is 3.23. The first-order valence-electron chi connectivity index (χ1n) is 5.37. The molecule has 0 saturated heterocycles. The average Bonchev–Trinajstić information content (AvgIpc) is 2.83. The standard InChI is InChI=1S/C10H18N2OS/c1-13-9-5-4-8(6-9)12-10(14)11-7-2-3-7/h7-9H,2-6H2,1H3,(H2,11,12,14). The molecule has 3 nitrogen and oxygen atoms in total. The van der Waals surface area contributed by atoms with Crippen molar-refractivity contribution in [3.8, 4) is 0 Å². The van der Waals surface area contributed by atoms with Crippen molar-refractivity contribution < 1.29 is 4.74 Å². The van der Waals surface area contributed by atoms with Crippen molar-refractivity contribution in [1.82, 2.24) is 10.6 Å². The van der Waals surface area contributed by atoms with Gasteiger partial charge in [-0.1, -0.05) is 0 Å².